The van der Waals surface area contributed by atoms with E-state index >= 15 is 0 Å². The summed E-state index contributed by atoms with van der Waals surface area (Å²) in [6.07, 6.45) is 0.992. The monoisotopic (exact) mass is 516 g/mol. The van der Waals surface area contributed by atoms with E-state index < -0.39 is 7.26 Å². The Hall–Kier alpha value is -2.45. The van der Waals surface area contributed by atoms with E-state index in [2.05, 4.69) is 136 Å². The summed E-state index contributed by atoms with van der Waals surface area (Å²) >= 11 is 3.76. The second-order valence-corrected chi connectivity index (χ2v) is 12.9. The standard InChI is InChI=1S/C29H28BrNOP/c30-29-22-32-21-20-31(29)25-18-16-24(17-19-25)23-33(26-10-4-1-5-11-26,27-12-6-2-7-13-27)28-14-8-3-9-15-28/h1-19,29H,20-23H2/q+1. The van der Waals surface area contributed by atoms with Crippen molar-refractivity contribution in [1.82, 2.24) is 0 Å². The van der Waals surface area contributed by atoms with Crippen LogP contribution in [0.1, 0.15) is 5.56 Å². The van der Waals surface area contributed by atoms with Gasteiger partial charge in [0, 0.05) is 12.2 Å². The molecule has 5 rings (SSSR count). The first-order valence-electron chi connectivity index (χ1n) is 11.4. The third kappa shape index (κ3) is 4.64. The van der Waals surface area contributed by atoms with Gasteiger partial charge in [0.25, 0.3) is 0 Å². The van der Waals surface area contributed by atoms with Crippen LogP contribution in [-0.2, 0) is 10.9 Å². The Morgan fingerprint density at radius 1 is 0.697 bits per heavy atom. The second-order valence-electron chi connectivity index (χ2n) is 8.34. The van der Waals surface area contributed by atoms with Gasteiger partial charge >= 0.3 is 0 Å². The fourth-order valence-corrected chi connectivity index (χ4v) is 9.57. The van der Waals surface area contributed by atoms with E-state index in [1.165, 1.54) is 27.2 Å². The van der Waals surface area contributed by atoms with Crippen molar-refractivity contribution < 1.29 is 4.74 Å². The van der Waals surface area contributed by atoms with Crippen LogP contribution in [0.15, 0.2) is 115 Å². The maximum Gasteiger partial charge on any atom is 0.116 e. The average molecular weight is 517 g/mol. The predicted molar refractivity (Wildman–Crippen MR) is 146 cm³/mol. The Kier molecular flexibility index (Phi) is 6.92. The molecule has 166 valence electrons. The number of rotatable bonds is 6. The number of benzene rings is 4. The lowest BCUT2D eigenvalue weighted by atomic mass is 10.2. The number of morpholine rings is 1. The molecule has 0 bridgehead atoms. The fourth-order valence-electron chi connectivity index (χ4n) is 4.70. The number of hydrogen-bond donors (Lipinski definition) is 0. The van der Waals surface area contributed by atoms with Crippen LogP contribution in [0.3, 0.4) is 0 Å². The molecule has 2 nitrogen and oxygen atoms in total. The Morgan fingerprint density at radius 2 is 1.18 bits per heavy atom. The molecule has 0 spiro atoms. The number of hydrogen-bond acceptors (Lipinski definition) is 2. The lowest BCUT2D eigenvalue weighted by Gasteiger charge is -2.34. The summed E-state index contributed by atoms with van der Waals surface area (Å²) in [6.45, 7) is 2.39. The van der Waals surface area contributed by atoms with Crippen LogP contribution < -0.4 is 20.8 Å². The van der Waals surface area contributed by atoms with E-state index in [4.69, 9.17) is 4.74 Å². The Bertz CT molecular complexity index is 1060. The number of ether oxygens (including phenoxy) is 1. The lowest BCUT2D eigenvalue weighted by molar-refractivity contribution is 0.116. The molecule has 4 aromatic carbocycles. The molecule has 1 aliphatic rings. The summed E-state index contributed by atoms with van der Waals surface area (Å²) in [7, 11) is -1.88. The lowest BCUT2D eigenvalue weighted by Crippen LogP contribution is -2.41. The average Bonchev–Trinajstić information content (AvgIpc) is 2.90. The number of alkyl halides is 1. The van der Waals surface area contributed by atoms with Crippen molar-refractivity contribution in [1.29, 1.82) is 0 Å². The van der Waals surface area contributed by atoms with Crippen molar-refractivity contribution in [3.63, 3.8) is 0 Å². The molecule has 4 aromatic rings. The Balaban J connectivity index is 1.59. The van der Waals surface area contributed by atoms with Crippen LogP contribution >= 0.6 is 23.2 Å². The van der Waals surface area contributed by atoms with E-state index in [0.29, 0.717) is 6.61 Å². The fraction of sp³-hybridized carbons (Fsp3) is 0.172. The maximum absolute atomic E-state index is 5.59. The first-order valence-corrected chi connectivity index (χ1v) is 14.3. The molecule has 1 aliphatic heterocycles. The van der Waals surface area contributed by atoms with E-state index in [0.717, 1.165) is 19.3 Å². The van der Waals surface area contributed by atoms with E-state index in [1.807, 2.05) is 0 Å². The van der Waals surface area contributed by atoms with Crippen molar-refractivity contribution in [2.45, 2.75) is 11.1 Å². The smallest absolute Gasteiger partial charge is 0.116 e. The van der Waals surface area contributed by atoms with Crippen LogP contribution in [-0.4, -0.2) is 24.7 Å². The van der Waals surface area contributed by atoms with Gasteiger partial charge in [0.05, 0.1) is 19.4 Å². The highest BCUT2D eigenvalue weighted by atomic mass is 79.9. The van der Waals surface area contributed by atoms with Gasteiger partial charge in [-0.1, -0.05) is 82.7 Å². The molecule has 0 saturated carbocycles. The predicted octanol–water partition coefficient (Wildman–Crippen LogP) is 5.74. The summed E-state index contributed by atoms with van der Waals surface area (Å²) < 4.78 is 5.59. The van der Waals surface area contributed by atoms with E-state index in [9.17, 15) is 0 Å². The highest BCUT2D eigenvalue weighted by Gasteiger charge is 2.45. The van der Waals surface area contributed by atoms with Gasteiger partial charge in [0.15, 0.2) is 0 Å². The van der Waals surface area contributed by atoms with E-state index in [-0.39, 0.29) is 4.95 Å². The Labute approximate surface area is 205 Å². The highest BCUT2D eigenvalue weighted by molar-refractivity contribution is 9.09. The zero-order valence-corrected chi connectivity index (χ0v) is 21.0. The largest absolute Gasteiger partial charge is 0.377 e. The zero-order chi connectivity index (χ0) is 22.5. The van der Waals surface area contributed by atoms with Crippen LogP contribution in [0, 0.1) is 0 Å². The molecule has 0 amide bonds. The first-order chi connectivity index (χ1) is 16.3. The van der Waals surface area contributed by atoms with Crippen molar-refractivity contribution in [3.05, 3.63) is 121 Å². The molecule has 0 N–H and O–H groups in total. The molecular formula is C29H28BrNOP+. The van der Waals surface area contributed by atoms with Crippen molar-refractivity contribution in [2.75, 3.05) is 24.7 Å². The van der Waals surface area contributed by atoms with Gasteiger partial charge < -0.3 is 9.64 Å². The van der Waals surface area contributed by atoms with Gasteiger partial charge in [0.2, 0.25) is 0 Å². The summed E-state index contributed by atoms with van der Waals surface area (Å²) in [5.41, 5.74) is 2.61. The number of halogens is 1. The molecule has 4 heteroatoms. The second kappa shape index (κ2) is 10.2. The highest BCUT2D eigenvalue weighted by Crippen LogP contribution is 2.58. The minimum Gasteiger partial charge on any atom is -0.377 e. The summed E-state index contributed by atoms with van der Waals surface area (Å²) in [4.78, 5) is 2.60. The van der Waals surface area contributed by atoms with Gasteiger partial charge in [-0.25, -0.2) is 0 Å². The molecule has 0 aliphatic carbocycles. The van der Waals surface area contributed by atoms with Gasteiger partial charge in [0.1, 0.15) is 28.1 Å². The van der Waals surface area contributed by atoms with Crippen LogP contribution in [0.4, 0.5) is 5.69 Å². The molecule has 0 radical (unpaired) electrons. The molecule has 33 heavy (non-hydrogen) atoms. The minimum absolute atomic E-state index is 0.224. The van der Waals surface area contributed by atoms with E-state index in [1.54, 1.807) is 0 Å². The minimum atomic E-state index is -1.88. The summed E-state index contributed by atoms with van der Waals surface area (Å²) in [5, 5.41) is 4.25. The third-order valence-corrected chi connectivity index (χ3v) is 11.5. The molecule has 1 saturated heterocycles. The van der Waals surface area contributed by atoms with Crippen molar-refractivity contribution >= 4 is 44.8 Å². The summed E-state index contributed by atoms with van der Waals surface area (Å²) in [5.74, 6) is 0. The first kappa shape index (κ1) is 22.3. The maximum atomic E-state index is 5.59. The molecule has 1 heterocycles. The zero-order valence-electron chi connectivity index (χ0n) is 18.6. The quantitative estimate of drug-likeness (QED) is 0.184. The van der Waals surface area contributed by atoms with Crippen LogP contribution in [0.25, 0.3) is 0 Å². The molecule has 1 unspecified atom stereocenters. The van der Waals surface area contributed by atoms with Gasteiger partial charge in [-0.2, -0.15) is 0 Å². The topological polar surface area (TPSA) is 12.5 Å². The number of anilines is 1. The molecule has 1 atom stereocenters. The molecule has 1 fully saturated rings. The van der Waals surface area contributed by atoms with Gasteiger partial charge in [-0.3, -0.25) is 0 Å². The molecular weight excluding hydrogens is 489 g/mol. The molecule has 0 aromatic heterocycles. The van der Waals surface area contributed by atoms with Crippen LogP contribution in [0.2, 0.25) is 0 Å². The van der Waals surface area contributed by atoms with Gasteiger partial charge in [-0.05, 0) is 54.1 Å². The normalized spacial score (nSPS) is 16.5. The SMILES string of the molecule is BrC1COCCN1c1ccc(C[P+](c2ccccc2)(c2ccccc2)c2ccccc2)cc1. The van der Waals surface area contributed by atoms with Crippen LogP contribution in [0.5, 0.6) is 0 Å². The number of nitrogens with zero attached hydrogens (tertiary/aromatic N) is 1. The third-order valence-electron chi connectivity index (χ3n) is 6.35. The van der Waals surface area contributed by atoms with Crippen molar-refractivity contribution in [2.24, 2.45) is 0 Å². The van der Waals surface area contributed by atoms with Gasteiger partial charge in [-0.15, -0.1) is 0 Å². The van der Waals surface area contributed by atoms with Crippen molar-refractivity contribution in [3.8, 4) is 0 Å². The Morgan fingerprint density at radius 3 is 1.64 bits per heavy atom. The summed E-state index contributed by atoms with van der Waals surface area (Å²) in [6, 6.07) is 42.4.